The van der Waals surface area contributed by atoms with Crippen molar-refractivity contribution in [2.75, 3.05) is 18.1 Å². The highest BCUT2D eigenvalue weighted by Gasteiger charge is 2.21. The molecule has 1 saturated carbocycles. The number of nitrogens with one attached hydrogen (secondary N) is 1. The van der Waals surface area contributed by atoms with Gasteiger partial charge in [0, 0.05) is 64.6 Å². The molecular weight excluding hydrogens is 308 g/mol. The number of benzene rings is 1. The van der Waals surface area contributed by atoms with Gasteiger partial charge in [-0.05, 0) is 49.4 Å². The second-order valence-electron chi connectivity index (χ2n) is 6.31. The van der Waals surface area contributed by atoms with Crippen LogP contribution >= 0.6 is 0 Å². The van der Waals surface area contributed by atoms with E-state index in [2.05, 4.69) is 5.32 Å². The van der Waals surface area contributed by atoms with Crippen LogP contribution in [0, 0.1) is 12.8 Å². The van der Waals surface area contributed by atoms with Crippen molar-refractivity contribution in [1.82, 2.24) is 4.57 Å². The summed E-state index contributed by atoms with van der Waals surface area (Å²) in [4.78, 5) is 12.6. The van der Waals surface area contributed by atoms with Crippen molar-refractivity contribution in [3.63, 3.8) is 0 Å². The van der Waals surface area contributed by atoms with Gasteiger partial charge in [0.15, 0.2) is 0 Å². The lowest BCUT2D eigenvalue weighted by Crippen LogP contribution is -2.16. The Hall–Kier alpha value is -1.88. The van der Waals surface area contributed by atoms with Crippen LogP contribution in [0.1, 0.15) is 18.4 Å². The van der Waals surface area contributed by atoms with Gasteiger partial charge < -0.3 is 9.88 Å². The lowest BCUT2D eigenvalue weighted by molar-refractivity contribution is 0.687. The van der Waals surface area contributed by atoms with E-state index >= 15 is 0 Å². The lowest BCUT2D eigenvalue weighted by atomic mass is 10.0. The van der Waals surface area contributed by atoms with Gasteiger partial charge in [0.05, 0.1) is 0 Å². The van der Waals surface area contributed by atoms with Crippen LogP contribution in [0.4, 0.5) is 5.69 Å². The zero-order valence-electron chi connectivity index (χ0n) is 13.8. The van der Waals surface area contributed by atoms with Gasteiger partial charge in [-0.15, -0.1) is 0 Å². The number of hydrogen-bond acceptors (Lipinski definition) is 3. The first-order chi connectivity index (χ1) is 11.0. The van der Waals surface area contributed by atoms with Crippen LogP contribution in [0.2, 0.25) is 0 Å². The van der Waals surface area contributed by atoms with Crippen LogP contribution in [-0.2, 0) is 17.8 Å². The van der Waals surface area contributed by atoms with Crippen molar-refractivity contribution in [1.29, 1.82) is 0 Å². The minimum Gasteiger partial charge on any atom is -0.384 e. The summed E-state index contributed by atoms with van der Waals surface area (Å²) in [6, 6.07) is 7.53. The Morgan fingerprint density at radius 3 is 2.65 bits per heavy atom. The molecule has 4 nitrogen and oxygen atoms in total. The number of rotatable bonds is 5. The van der Waals surface area contributed by atoms with E-state index in [0.717, 1.165) is 39.7 Å². The van der Waals surface area contributed by atoms with Crippen LogP contribution in [0.5, 0.6) is 0 Å². The molecule has 0 aliphatic heterocycles. The molecule has 1 unspecified atom stereocenters. The SMILES string of the molecule is Cc1cc(=O)n(C)cc1-c1cc(S(C)=O)ccc1NCC1CC1. The van der Waals surface area contributed by atoms with Crippen LogP contribution in [-0.4, -0.2) is 21.6 Å². The maximum atomic E-state index is 11.9. The quantitative estimate of drug-likeness (QED) is 0.917. The van der Waals surface area contributed by atoms with E-state index < -0.39 is 10.8 Å². The molecule has 0 saturated heterocycles. The van der Waals surface area contributed by atoms with E-state index in [9.17, 15) is 9.00 Å². The van der Waals surface area contributed by atoms with Gasteiger partial charge in [-0.25, -0.2) is 0 Å². The topological polar surface area (TPSA) is 51.1 Å². The predicted molar refractivity (Wildman–Crippen MR) is 95.4 cm³/mol. The van der Waals surface area contributed by atoms with Gasteiger partial charge in [0.25, 0.3) is 5.56 Å². The standard InChI is InChI=1S/C18H22N2O2S/c1-12-8-18(21)20(2)11-16(12)15-9-14(23(3)22)6-7-17(15)19-10-13-4-5-13/h6-9,11,13,19H,4-5,10H2,1-3H3. The molecule has 1 atom stereocenters. The van der Waals surface area contributed by atoms with E-state index in [1.807, 2.05) is 31.3 Å². The molecule has 1 aromatic heterocycles. The molecule has 1 aromatic carbocycles. The van der Waals surface area contributed by atoms with Crippen molar-refractivity contribution in [2.24, 2.45) is 13.0 Å². The largest absolute Gasteiger partial charge is 0.384 e. The summed E-state index contributed by atoms with van der Waals surface area (Å²) in [7, 11) is 0.720. The highest BCUT2D eigenvalue weighted by molar-refractivity contribution is 7.84. The average Bonchev–Trinajstić information content (AvgIpc) is 3.33. The predicted octanol–water partition coefficient (Wildman–Crippen LogP) is 2.92. The second kappa shape index (κ2) is 6.32. The van der Waals surface area contributed by atoms with Crippen molar-refractivity contribution in [2.45, 2.75) is 24.7 Å². The molecule has 0 radical (unpaired) electrons. The molecule has 23 heavy (non-hydrogen) atoms. The molecule has 0 spiro atoms. The van der Waals surface area contributed by atoms with Crippen molar-refractivity contribution >= 4 is 16.5 Å². The van der Waals surface area contributed by atoms with Crippen LogP contribution < -0.4 is 10.9 Å². The zero-order valence-corrected chi connectivity index (χ0v) is 14.6. The highest BCUT2D eigenvalue weighted by atomic mass is 32.2. The summed E-state index contributed by atoms with van der Waals surface area (Å²) in [6.07, 6.45) is 6.12. The Morgan fingerprint density at radius 1 is 1.26 bits per heavy atom. The molecule has 2 aromatic rings. The maximum absolute atomic E-state index is 11.9. The van der Waals surface area contributed by atoms with E-state index in [1.165, 1.54) is 12.8 Å². The van der Waals surface area contributed by atoms with E-state index in [0.29, 0.717) is 0 Å². The van der Waals surface area contributed by atoms with Crippen molar-refractivity contribution in [3.05, 3.63) is 46.4 Å². The minimum absolute atomic E-state index is 0.0195. The summed E-state index contributed by atoms with van der Waals surface area (Å²) in [5.74, 6) is 0.768. The maximum Gasteiger partial charge on any atom is 0.250 e. The van der Waals surface area contributed by atoms with Gasteiger partial charge in [-0.3, -0.25) is 9.00 Å². The fraction of sp³-hybridized carbons (Fsp3) is 0.389. The van der Waals surface area contributed by atoms with Gasteiger partial charge in [-0.2, -0.15) is 0 Å². The first-order valence-electron chi connectivity index (χ1n) is 7.84. The number of aryl methyl sites for hydroxylation is 2. The molecule has 5 heteroatoms. The molecule has 0 amide bonds. The fourth-order valence-corrected chi connectivity index (χ4v) is 3.20. The summed E-state index contributed by atoms with van der Waals surface area (Å²) >= 11 is 0. The fourth-order valence-electron chi connectivity index (χ4n) is 2.66. The molecule has 1 aliphatic rings. The van der Waals surface area contributed by atoms with Crippen LogP contribution in [0.3, 0.4) is 0 Å². The van der Waals surface area contributed by atoms with Crippen molar-refractivity contribution < 1.29 is 4.21 Å². The summed E-state index contributed by atoms with van der Waals surface area (Å²) in [5.41, 5.74) is 3.95. The highest BCUT2D eigenvalue weighted by Crippen LogP contribution is 2.34. The first-order valence-corrected chi connectivity index (χ1v) is 9.40. The third-order valence-electron chi connectivity index (χ3n) is 4.33. The van der Waals surface area contributed by atoms with Gasteiger partial charge in [0.1, 0.15) is 0 Å². The van der Waals surface area contributed by atoms with Gasteiger partial charge in [0.2, 0.25) is 0 Å². The number of hydrogen-bond donors (Lipinski definition) is 1. The van der Waals surface area contributed by atoms with Gasteiger partial charge in [-0.1, -0.05) is 0 Å². The minimum atomic E-state index is -1.03. The van der Waals surface area contributed by atoms with Crippen LogP contribution in [0.15, 0.2) is 40.2 Å². The number of anilines is 1. The Balaban J connectivity index is 2.09. The molecule has 1 heterocycles. The molecule has 3 rings (SSSR count). The van der Waals surface area contributed by atoms with E-state index in [4.69, 9.17) is 0 Å². The summed E-state index contributed by atoms with van der Waals surface area (Å²) in [6.45, 7) is 2.91. The third-order valence-corrected chi connectivity index (χ3v) is 5.24. The molecular formula is C18H22N2O2S. The van der Waals surface area contributed by atoms with E-state index in [-0.39, 0.29) is 5.56 Å². The Morgan fingerprint density at radius 2 is 2.00 bits per heavy atom. The van der Waals surface area contributed by atoms with Gasteiger partial charge >= 0.3 is 0 Å². The summed E-state index contributed by atoms with van der Waals surface area (Å²) < 4.78 is 13.4. The second-order valence-corrected chi connectivity index (χ2v) is 7.68. The summed E-state index contributed by atoms with van der Waals surface area (Å²) in [5, 5.41) is 3.51. The Labute approximate surface area is 139 Å². The lowest BCUT2D eigenvalue weighted by Gasteiger charge is -2.16. The number of nitrogens with zero attached hydrogens (tertiary/aromatic N) is 1. The van der Waals surface area contributed by atoms with Crippen molar-refractivity contribution in [3.8, 4) is 11.1 Å². The molecule has 1 fully saturated rings. The monoisotopic (exact) mass is 330 g/mol. The number of aromatic nitrogens is 1. The van der Waals surface area contributed by atoms with E-state index in [1.54, 1.807) is 23.9 Å². The zero-order chi connectivity index (χ0) is 16.6. The third kappa shape index (κ3) is 3.55. The first kappa shape index (κ1) is 16.0. The molecule has 122 valence electrons. The Kier molecular flexibility index (Phi) is 4.39. The smallest absolute Gasteiger partial charge is 0.250 e. The normalized spacial score (nSPS) is 15.4. The molecule has 1 N–H and O–H groups in total. The average molecular weight is 330 g/mol. The Bertz CT molecular complexity index is 822. The molecule has 0 bridgehead atoms. The molecule has 1 aliphatic carbocycles. The number of pyridine rings is 1. The van der Waals surface area contributed by atoms with Crippen LogP contribution in [0.25, 0.3) is 11.1 Å².